The summed E-state index contributed by atoms with van der Waals surface area (Å²) in [6.07, 6.45) is 5.39. The van der Waals surface area contributed by atoms with Gasteiger partial charge in [-0.15, -0.1) is 0 Å². The summed E-state index contributed by atoms with van der Waals surface area (Å²) in [5, 5.41) is 2.60. The predicted molar refractivity (Wildman–Crippen MR) is 114 cm³/mol. The van der Waals surface area contributed by atoms with E-state index in [1.54, 1.807) is 0 Å². The van der Waals surface area contributed by atoms with E-state index >= 15 is 0 Å². The van der Waals surface area contributed by atoms with Gasteiger partial charge in [0.15, 0.2) is 0 Å². The van der Waals surface area contributed by atoms with Gasteiger partial charge < -0.3 is 9.22 Å². The summed E-state index contributed by atoms with van der Waals surface area (Å²) >= 11 is 0. The van der Waals surface area contributed by atoms with Gasteiger partial charge in [0, 0.05) is 12.5 Å². The summed E-state index contributed by atoms with van der Waals surface area (Å²) in [4.78, 5) is 11.0. The lowest BCUT2D eigenvalue weighted by Crippen LogP contribution is -2.46. The minimum Gasteiger partial charge on any atom is -0.407 e. The van der Waals surface area contributed by atoms with Gasteiger partial charge in [-0.3, -0.25) is 0 Å². The van der Waals surface area contributed by atoms with Gasteiger partial charge in [-0.2, -0.15) is 0 Å². The fourth-order valence-electron chi connectivity index (χ4n) is 3.74. The van der Waals surface area contributed by atoms with E-state index in [1.165, 1.54) is 15.9 Å². The number of benzene rings is 2. The zero-order valence-corrected chi connectivity index (χ0v) is 17.8. The van der Waals surface area contributed by atoms with Crippen molar-refractivity contribution in [3.05, 3.63) is 60.2 Å². The topological polar surface area (TPSA) is 26.3 Å². The van der Waals surface area contributed by atoms with Crippen LogP contribution in [0.25, 0.3) is 0 Å². The van der Waals surface area contributed by atoms with Gasteiger partial charge in [0.05, 0.1) is 0 Å². The highest BCUT2D eigenvalue weighted by Crippen LogP contribution is 2.27. The van der Waals surface area contributed by atoms with Gasteiger partial charge >= 0.3 is 0 Å². The average Bonchev–Trinajstić information content (AvgIpc) is 2.69. The maximum Gasteiger partial charge on any atom is 0.282 e. The molecule has 2 nitrogen and oxygen atoms in total. The third-order valence-electron chi connectivity index (χ3n) is 5.60. The van der Waals surface area contributed by atoms with Crippen LogP contribution in [-0.2, 0) is 14.6 Å². The molecule has 0 bridgehead atoms. The molecule has 2 aromatic rings. The van der Waals surface area contributed by atoms with Gasteiger partial charge in [0.1, 0.15) is 6.29 Å². The van der Waals surface area contributed by atoms with E-state index in [0.717, 1.165) is 38.6 Å². The summed E-state index contributed by atoms with van der Waals surface area (Å²) < 4.78 is 6.56. The Morgan fingerprint density at radius 1 is 0.926 bits per heavy atom. The van der Waals surface area contributed by atoms with Crippen LogP contribution in [0.3, 0.4) is 0 Å². The monoisotopic (exact) mass is 379 g/mol. The first-order valence-electron chi connectivity index (χ1n) is 10.1. The third-order valence-corrected chi connectivity index (χ3v) is 7.77. The minimum absolute atomic E-state index is 0.163. The van der Waals surface area contributed by atoms with Crippen molar-refractivity contribution in [1.29, 1.82) is 0 Å². The molecule has 0 aromatic heterocycles. The van der Waals surface area contributed by atoms with Crippen molar-refractivity contribution < 1.29 is 9.22 Å². The van der Waals surface area contributed by atoms with Crippen molar-refractivity contribution in [1.82, 2.24) is 0 Å². The van der Waals surface area contributed by atoms with E-state index in [2.05, 4.69) is 75.4 Å². The number of hydrogen-bond acceptors (Lipinski definition) is 2. The molecule has 143 valence electrons. The van der Waals surface area contributed by atoms with Gasteiger partial charge in [-0.25, -0.2) is 0 Å². The zero-order chi connectivity index (χ0) is 19.3. The zero-order valence-electron chi connectivity index (χ0n) is 16.8. The highest BCUT2D eigenvalue weighted by Gasteiger charge is 2.25. The molecule has 0 atom stereocenters. The molecule has 0 unspecified atom stereocenters. The molecule has 1 radical (unpaired) electrons. The quantitative estimate of drug-likeness (QED) is 0.558. The summed E-state index contributed by atoms with van der Waals surface area (Å²) in [6, 6.07) is 19.7. The summed E-state index contributed by atoms with van der Waals surface area (Å²) in [6.45, 7) is 7.54. The average molecular weight is 380 g/mol. The van der Waals surface area contributed by atoms with E-state index in [9.17, 15) is 4.79 Å². The van der Waals surface area contributed by atoms with E-state index in [0.29, 0.717) is 5.92 Å². The molecule has 3 heteroatoms. The maximum absolute atomic E-state index is 11.0. The molecule has 1 aliphatic rings. The molecule has 0 amide bonds. The number of rotatable bonds is 6. The second-order valence-corrected chi connectivity index (χ2v) is 10.9. The molecule has 3 rings (SSSR count). The lowest BCUT2D eigenvalue weighted by molar-refractivity contribution is -0.112. The van der Waals surface area contributed by atoms with Crippen LogP contribution in [0.15, 0.2) is 54.6 Å². The van der Waals surface area contributed by atoms with Crippen LogP contribution in [0.5, 0.6) is 0 Å². The van der Waals surface area contributed by atoms with Gasteiger partial charge in [0.25, 0.3) is 9.04 Å². The molecule has 0 heterocycles. The molecule has 0 N–H and O–H groups in total. The Morgan fingerprint density at radius 3 is 2.07 bits per heavy atom. The van der Waals surface area contributed by atoms with Crippen LogP contribution in [-0.4, -0.2) is 21.9 Å². The van der Waals surface area contributed by atoms with E-state index in [1.807, 2.05) is 0 Å². The van der Waals surface area contributed by atoms with Gasteiger partial charge in [0.2, 0.25) is 0 Å². The highest BCUT2D eigenvalue weighted by atomic mass is 28.3. The Balaban J connectivity index is 1.73. The Bertz CT molecular complexity index is 710. The number of aldehydes is 1. The molecule has 0 spiro atoms. The molecule has 0 saturated heterocycles. The number of carbonyl (C=O) groups excluding carboxylic acids is 1. The van der Waals surface area contributed by atoms with E-state index < -0.39 is 9.04 Å². The Morgan fingerprint density at radius 2 is 1.52 bits per heavy atom. The van der Waals surface area contributed by atoms with Crippen LogP contribution in [0, 0.1) is 11.8 Å². The highest BCUT2D eigenvalue weighted by molar-refractivity contribution is 6.80. The van der Waals surface area contributed by atoms with E-state index in [4.69, 9.17) is 4.43 Å². The first-order valence-corrected chi connectivity index (χ1v) is 11.5. The van der Waals surface area contributed by atoms with Crippen molar-refractivity contribution in [2.24, 2.45) is 11.8 Å². The molecule has 1 aliphatic carbocycles. The minimum atomic E-state index is -1.25. The molecular formula is C24H31O2Si. The van der Waals surface area contributed by atoms with Crippen molar-refractivity contribution in [3.63, 3.8) is 0 Å². The maximum atomic E-state index is 11.0. The standard InChI is InChI=1S/C24H31O2Si/c1-24(2,3)21-13-15-23(16-14-21)27(22-7-5-4-6-8-22)26-18-20-11-9-19(17-25)10-12-20/h4-8,13-17,19-20H,9-12,18H2,1-3H3. The Labute approximate surface area is 165 Å². The molecule has 27 heavy (non-hydrogen) atoms. The second kappa shape index (κ2) is 8.98. The Kier molecular flexibility index (Phi) is 6.67. The largest absolute Gasteiger partial charge is 0.407 e. The van der Waals surface area contributed by atoms with Gasteiger partial charge in [-0.1, -0.05) is 75.4 Å². The van der Waals surface area contributed by atoms with Gasteiger partial charge in [-0.05, 0) is 53.0 Å². The van der Waals surface area contributed by atoms with Crippen molar-refractivity contribution in [2.45, 2.75) is 51.9 Å². The summed E-state index contributed by atoms with van der Waals surface area (Å²) in [7, 11) is -1.25. The molecule has 1 saturated carbocycles. The normalized spacial score (nSPS) is 20.6. The van der Waals surface area contributed by atoms with Crippen LogP contribution in [0.1, 0.15) is 52.0 Å². The molecular weight excluding hydrogens is 348 g/mol. The third kappa shape index (κ3) is 5.39. The molecule has 0 aliphatic heterocycles. The van der Waals surface area contributed by atoms with Crippen molar-refractivity contribution >= 4 is 25.7 Å². The number of carbonyl (C=O) groups is 1. The Hall–Kier alpha value is -1.71. The first kappa shape index (κ1) is 20.0. The van der Waals surface area contributed by atoms with Crippen molar-refractivity contribution in [2.75, 3.05) is 6.61 Å². The fraction of sp³-hybridized carbons (Fsp3) is 0.458. The van der Waals surface area contributed by atoms with Crippen LogP contribution >= 0.6 is 0 Å². The summed E-state index contributed by atoms with van der Waals surface area (Å²) in [5.74, 6) is 0.851. The predicted octanol–water partition coefficient (Wildman–Crippen LogP) is 4.11. The van der Waals surface area contributed by atoms with Crippen LogP contribution in [0.4, 0.5) is 0 Å². The lowest BCUT2D eigenvalue weighted by Gasteiger charge is -2.27. The lowest BCUT2D eigenvalue weighted by atomic mass is 9.83. The smallest absolute Gasteiger partial charge is 0.282 e. The van der Waals surface area contributed by atoms with E-state index in [-0.39, 0.29) is 11.3 Å². The SMILES string of the molecule is CC(C)(C)c1ccc([Si](OCC2CCC(C=O)CC2)c2ccccc2)cc1. The second-order valence-electron chi connectivity index (χ2n) is 8.75. The first-order chi connectivity index (χ1) is 13.0. The van der Waals surface area contributed by atoms with Crippen molar-refractivity contribution in [3.8, 4) is 0 Å². The van der Waals surface area contributed by atoms with Crippen LogP contribution < -0.4 is 10.4 Å². The number of hydrogen-bond donors (Lipinski definition) is 0. The summed E-state index contributed by atoms with van der Waals surface area (Å²) in [5.41, 5.74) is 1.52. The molecule has 2 aromatic carbocycles. The fourth-order valence-corrected chi connectivity index (χ4v) is 5.77. The molecule has 1 fully saturated rings. The van der Waals surface area contributed by atoms with Crippen LogP contribution in [0.2, 0.25) is 0 Å².